The van der Waals surface area contributed by atoms with Crippen molar-refractivity contribution in [2.24, 2.45) is 0 Å². The Labute approximate surface area is 148 Å². The molecule has 0 fully saturated rings. The zero-order valence-electron chi connectivity index (χ0n) is 15.1. The molecule has 0 saturated carbocycles. The van der Waals surface area contributed by atoms with Crippen LogP contribution in [0.15, 0.2) is 24.8 Å². The second-order valence-electron chi connectivity index (χ2n) is 5.91. The molecule has 0 aliphatic heterocycles. The van der Waals surface area contributed by atoms with E-state index >= 15 is 0 Å². The summed E-state index contributed by atoms with van der Waals surface area (Å²) in [6.45, 7) is 9.13. The number of likely N-dealkylation sites (N-methyl/N-ethyl adjacent to an activating group) is 1. The van der Waals surface area contributed by atoms with Gasteiger partial charge in [-0.05, 0) is 49.1 Å². The lowest BCUT2D eigenvalue weighted by Gasteiger charge is -2.23. The molecule has 25 heavy (non-hydrogen) atoms. The lowest BCUT2D eigenvalue weighted by Crippen LogP contribution is -2.46. The molecule has 1 atom stereocenters. The predicted molar refractivity (Wildman–Crippen MR) is 95.4 cm³/mol. The zero-order valence-corrected chi connectivity index (χ0v) is 15.1. The summed E-state index contributed by atoms with van der Waals surface area (Å²) in [7, 11) is -0.557. The molecule has 136 valence electrons. The fraction of sp³-hybridized carbons (Fsp3) is 0.412. The van der Waals surface area contributed by atoms with Crippen LogP contribution in [0.2, 0.25) is 0 Å². The number of hydrogen-bond donors (Lipinski definition) is 3. The van der Waals surface area contributed by atoms with E-state index < -0.39 is 19.5 Å². The first-order valence-corrected chi connectivity index (χ1v) is 7.89. The quantitative estimate of drug-likeness (QED) is 0.355. The first-order chi connectivity index (χ1) is 11.6. The van der Waals surface area contributed by atoms with Crippen molar-refractivity contribution in [1.82, 2.24) is 10.2 Å². The molecular formula is C17H25BN2O5. The topological polar surface area (TPSA) is 99.1 Å². The maximum atomic E-state index is 12.1. The Morgan fingerprint density at radius 1 is 1.32 bits per heavy atom. The number of nitrogens with one attached hydrogen (secondary N) is 1. The number of rotatable bonds is 8. The van der Waals surface area contributed by atoms with Crippen molar-refractivity contribution in [3.63, 3.8) is 0 Å². The number of nitrogens with zero attached hydrogens (tertiary/aromatic N) is 1. The van der Waals surface area contributed by atoms with Crippen LogP contribution in [0.5, 0.6) is 0 Å². The Morgan fingerprint density at radius 3 is 2.52 bits per heavy atom. The molecule has 0 aliphatic carbocycles. The maximum absolute atomic E-state index is 12.1. The Balaban J connectivity index is 2.84. The van der Waals surface area contributed by atoms with Gasteiger partial charge in [-0.25, -0.2) is 0 Å². The highest BCUT2D eigenvalue weighted by Crippen LogP contribution is 2.18. The van der Waals surface area contributed by atoms with E-state index in [2.05, 4.69) is 11.9 Å². The third-order valence-corrected chi connectivity index (χ3v) is 4.12. The SMILES string of the molecule is C=CC(=O)N(C)CC(=O)N[C@@H](Cc1ccc(C)c(C)c1C)OB(O)O. The lowest BCUT2D eigenvalue weighted by atomic mass is 9.96. The van der Waals surface area contributed by atoms with Gasteiger partial charge in [0.2, 0.25) is 11.8 Å². The van der Waals surface area contributed by atoms with Crippen LogP contribution in [0.1, 0.15) is 22.3 Å². The number of benzene rings is 1. The standard InChI is InChI=1S/C17H25BN2O5/c1-6-17(22)20(5)10-15(21)19-16(25-18(23)24)9-14-8-7-11(2)12(3)13(14)4/h6-8,16,23-24H,1,9-10H2,2-5H3,(H,19,21)/t16-/m1/s1. The molecule has 0 bridgehead atoms. The van der Waals surface area contributed by atoms with E-state index in [1.807, 2.05) is 32.9 Å². The maximum Gasteiger partial charge on any atom is 0.635 e. The zero-order chi connectivity index (χ0) is 19.1. The van der Waals surface area contributed by atoms with Crippen LogP contribution in [-0.4, -0.2) is 53.9 Å². The van der Waals surface area contributed by atoms with Gasteiger partial charge in [-0.15, -0.1) is 0 Å². The van der Waals surface area contributed by atoms with E-state index in [1.165, 1.54) is 11.9 Å². The third-order valence-electron chi connectivity index (χ3n) is 4.12. The molecule has 1 aromatic rings. The van der Waals surface area contributed by atoms with Crippen molar-refractivity contribution in [1.29, 1.82) is 0 Å². The molecule has 3 N–H and O–H groups in total. The monoisotopic (exact) mass is 348 g/mol. The van der Waals surface area contributed by atoms with E-state index in [0.717, 1.165) is 28.3 Å². The minimum Gasteiger partial charge on any atom is -0.402 e. The van der Waals surface area contributed by atoms with Crippen molar-refractivity contribution in [3.8, 4) is 0 Å². The van der Waals surface area contributed by atoms with Gasteiger partial charge in [0.1, 0.15) is 6.23 Å². The van der Waals surface area contributed by atoms with Gasteiger partial charge in [0, 0.05) is 13.5 Å². The molecule has 7 nitrogen and oxygen atoms in total. The highest BCUT2D eigenvalue weighted by molar-refractivity contribution is 6.32. The molecule has 0 spiro atoms. The molecule has 0 aliphatic rings. The van der Waals surface area contributed by atoms with Crippen LogP contribution < -0.4 is 5.32 Å². The molecule has 8 heteroatoms. The third kappa shape index (κ3) is 6.34. The lowest BCUT2D eigenvalue weighted by molar-refractivity contribution is -0.132. The molecule has 2 amide bonds. The Kier molecular flexibility index (Phi) is 7.82. The van der Waals surface area contributed by atoms with Gasteiger partial charge in [0.25, 0.3) is 0 Å². The fourth-order valence-electron chi connectivity index (χ4n) is 2.39. The van der Waals surface area contributed by atoms with E-state index in [9.17, 15) is 9.59 Å². The summed E-state index contributed by atoms with van der Waals surface area (Å²) < 4.78 is 4.97. The number of amides is 2. The fourth-order valence-corrected chi connectivity index (χ4v) is 2.39. The highest BCUT2D eigenvalue weighted by Gasteiger charge is 2.22. The Morgan fingerprint density at radius 2 is 1.96 bits per heavy atom. The molecule has 0 saturated heterocycles. The summed E-state index contributed by atoms with van der Waals surface area (Å²) in [5, 5.41) is 20.7. The molecule has 0 heterocycles. The first-order valence-electron chi connectivity index (χ1n) is 7.89. The van der Waals surface area contributed by atoms with Crippen molar-refractivity contribution in [2.75, 3.05) is 13.6 Å². The van der Waals surface area contributed by atoms with Gasteiger partial charge < -0.3 is 24.9 Å². The van der Waals surface area contributed by atoms with Gasteiger partial charge >= 0.3 is 7.32 Å². The summed E-state index contributed by atoms with van der Waals surface area (Å²) in [5.41, 5.74) is 4.25. The molecule has 1 aromatic carbocycles. The summed E-state index contributed by atoms with van der Waals surface area (Å²) in [6, 6.07) is 3.87. The van der Waals surface area contributed by atoms with Crippen LogP contribution >= 0.6 is 0 Å². The first kappa shape index (κ1) is 20.9. The number of carbonyl (C=O) groups excluding carboxylic acids is 2. The molecule has 0 radical (unpaired) electrons. The Bertz CT molecular complexity index is 648. The van der Waals surface area contributed by atoms with Gasteiger partial charge in [-0.3, -0.25) is 9.59 Å². The van der Waals surface area contributed by atoms with E-state index in [-0.39, 0.29) is 18.9 Å². The number of aryl methyl sites for hydroxylation is 1. The van der Waals surface area contributed by atoms with E-state index in [0.29, 0.717) is 0 Å². The summed E-state index contributed by atoms with van der Waals surface area (Å²) in [4.78, 5) is 24.7. The van der Waals surface area contributed by atoms with Crippen LogP contribution in [0.25, 0.3) is 0 Å². The van der Waals surface area contributed by atoms with Crippen molar-refractivity contribution in [2.45, 2.75) is 33.4 Å². The van der Waals surface area contributed by atoms with Crippen molar-refractivity contribution in [3.05, 3.63) is 47.0 Å². The second-order valence-corrected chi connectivity index (χ2v) is 5.91. The highest BCUT2D eigenvalue weighted by atomic mass is 16.6. The average molecular weight is 348 g/mol. The second kappa shape index (κ2) is 9.36. The normalized spacial score (nSPS) is 11.6. The summed E-state index contributed by atoms with van der Waals surface area (Å²) in [5.74, 6) is -0.871. The van der Waals surface area contributed by atoms with Crippen LogP contribution in [0.3, 0.4) is 0 Å². The summed E-state index contributed by atoms with van der Waals surface area (Å²) in [6.07, 6.45) is 0.424. The van der Waals surface area contributed by atoms with E-state index in [4.69, 9.17) is 14.7 Å². The average Bonchev–Trinajstić information content (AvgIpc) is 2.53. The van der Waals surface area contributed by atoms with Gasteiger partial charge in [-0.2, -0.15) is 0 Å². The van der Waals surface area contributed by atoms with Crippen molar-refractivity contribution < 1.29 is 24.3 Å². The van der Waals surface area contributed by atoms with Gasteiger partial charge in [0.15, 0.2) is 0 Å². The van der Waals surface area contributed by atoms with Gasteiger partial charge in [0.05, 0.1) is 6.54 Å². The molecular weight excluding hydrogens is 323 g/mol. The largest absolute Gasteiger partial charge is 0.635 e. The van der Waals surface area contributed by atoms with Crippen molar-refractivity contribution >= 4 is 19.1 Å². The summed E-state index contributed by atoms with van der Waals surface area (Å²) >= 11 is 0. The molecule has 1 rings (SSSR count). The van der Waals surface area contributed by atoms with Gasteiger partial charge in [-0.1, -0.05) is 18.7 Å². The number of hydrogen-bond acceptors (Lipinski definition) is 5. The smallest absolute Gasteiger partial charge is 0.402 e. The van der Waals surface area contributed by atoms with E-state index in [1.54, 1.807) is 0 Å². The number of carbonyl (C=O) groups is 2. The van der Waals surface area contributed by atoms with Crippen LogP contribution in [-0.2, 0) is 20.7 Å². The Hall–Kier alpha value is -2.16. The van der Waals surface area contributed by atoms with Crippen LogP contribution in [0, 0.1) is 20.8 Å². The van der Waals surface area contributed by atoms with Crippen LogP contribution in [0.4, 0.5) is 0 Å². The predicted octanol–water partition coefficient (Wildman–Crippen LogP) is 0.227. The minimum absolute atomic E-state index is 0.196. The molecule has 0 unspecified atom stereocenters. The molecule has 0 aromatic heterocycles. The minimum atomic E-state index is -2.02.